The van der Waals surface area contributed by atoms with E-state index in [1.807, 2.05) is 11.9 Å². The van der Waals surface area contributed by atoms with Gasteiger partial charge in [-0.15, -0.1) is 12.4 Å². The molecule has 1 N–H and O–H groups in total. The molecular weight excluding hydrogens is 310 g/mol. The van der Waals surface area contributed by atoms with Crippen molar-refractivity contribution in [1.29, 1.82) is 0 Å². The molecule has 2 aliphatic rings. The lowest BCUT2D eigenvalue weighted by atomic mass is 10.0. The highest BCUT2D eigenvalue weighted by Crippen LogP contribution is 2.49. The number of hydrogen-bond donors (Lipinski definition) is 1. The maximum Gasteiger partial charge on any atom is 0.226 e. The normalized spacial score (nSPS) is 24.8. The molecule has 0 spiro atoms. The van der Waals surface area contributed by atoms with Crippen LogP contribution < -0.4 is 5.32 Å². The minimum Gasteiger partial charge on any atom is -0.342 e. The number of likely N-dealkylation sites (tertiary alicyclic amines) is 1. The van der Waals surface area contributed by atoms with Gasteiger partial charge in [-0.05, 0) is 43.9 Å². The molecule has 6 heteroatoms. The van der Waals surface area contributed by atoms with E-state index in [1.165, 1.54) is 12.1 Å². The molecule has 22 heavy (non-hydrogen) atoms. The summed E-state index contributed by atoms with van der Waals surface area (Å²) in [6.07, 6.45) is 2.60. The molecule has 122 valence electrons. The largest absolute Gasteiger partial charge is 0.342 e. The van der Waals surface area contributed by atoms with E-state index in [0.717, 1.165) is 32.0 Å². The van der Waals surface area contributed by atoms with E-state index < -0.39 is 11.6 Å². The van der Waals surface area contributed by atoms with Crippen molar-refractivity contribution in [3.05, 3.63) is 35.4 Å². The Morgan fingerprint density at radius 3 is 2.55 bits per heavy atom. The summed E-state index contributed by atoms with van der Waals surface area (Å²) in [5.74, 6) is -1.20. The van der Waals surface area contributed by atoms with Crippen molar-refractivity contribution in [2.45, 2.75) is 31.2 Å². The summed E-state index contributed by atoms with van der Waals surface area (Å²) in [6.45, 7) is 1.53. The molecule has 1 aliphatic heterocycles. The highest BCUT2D eigenvalue weighted by molar-refractivity contribution is 5.85. The van der Waals surface area contributed by atoms with Crippen LogP contribution in [0.1, 0.15) is 30.7 Å². The van der Waals surface area contributed by atoms with Crippen molar-refractivity contribution in [1.82, 2.24) is 10.2 Å². The third-order valence-electron chi connectivity index (χ3n) is 4.68. The van der Waals surface area contributed by atoms with E-state index in [1.54, 1.807) is 0 Å². The van der Waals surface area contributed by atoms with Crippen LogP contribution in [0.5, 0.6) is 0 Å². The van der Waals surface area contributed by atoms with Crippen molar-refractivity contribution in [2.75, 3.05) is 20.1 Å². The molecular formula is C16H21ClF2N2O. The lowest BCUT2D eigenvalue weighted by Gasteiger charge is -2.32. The maximum absolute atomic E-state index is 13.7. The van der Waals surface area contributed by atoms with Crippen LogP contribution >= 0.6 is 12.4 Å². The fourth-order valence-corrected chi connectivity index (χ4v) is 3.24. The van der Waals surface area contributed by atoms with Crippen LogP contribution in [0.3, 0.4) is 0 Å². The number of nitrogens with one attached hydrogen (secondary N) is 1. The Morgan fingerprint density at radius 2 is 1.95 bits per heavy atom. The number of halogens is 3. The highest BCUT2D eigenvalue weighted by atomic mass is 35.5. The smallest absolute Gasteiger partial charge is 0.226 e. The van der Waals surface area contributed by atoms with Crippen LogP contribution in [0.15, 0.2) is 18.2 Å². The fourth-order valence-electron chi connectivity index (χ4n) is 3.24. The van der Waals surface area contributed by atoms with E-state index in [-0.39, 0.29) is 30.2 Å². The maximum atomic E-state index is 13.7. The highest BCUT2D eigenvalue weighted by Gasteiger charge is 2.47. The molecule has 1 aliphatic carbocycles. The number of hydrogen-bond acceptors (Lipinski definition) is 2. The van der Waals surface area contributed by atoms with Gasteiger partial charge in [-0.2, -0.15) is 0 Å². The van der Waals surface area contributed by atoms with Crippen LogP contribution in [0.2, 0.25) is 0 Å². The van der Waals surface area contributed by atoms with Crippen LogP contribution in [-0.2, 0) is 4.79 Å². The summed E-state index contributed by atoms with van der Waals surface area (Å²) in [6, 6.07) is 4.11. The van der Waals surface area contributed by atoms with Crippen molar-refractivity contribution in [3.63, 3.8) is 0 Å². The van der Waals surface area contributed by atoms with Crippen LogP contribution in [-0.4, -0.2) is 37.0 Å². The summed E-state index contributed by atoms with van der Waals surface area (Å²) in [5, 5.41) is 3.23. The molecule has 1 saturated heterocycles. The minimum absolute atomic E-state index is 0. The van der Waals surface area contributed by atoms with Gasteiger partial charge in [-0.1, -0.05) is 6.07 Å². The lowest BCUT2D eigenvalue weighted by molar-refractivity contribution is -0.133. The van der Waals surface area contributed by atoms with Gasteiger partial charge in [-0.3, -0.25) is 4.79 Å². The fraction of sp³-hybridized carbons (Fsp3) is 0.562. The zero-order chi connectivity index (χ0) is 15.0. The summed E-state index contributed by atoms with van der Waals surface area (Å²) >= 11 is 0. The number of carbonyl (C=O) groups is 1. The first-order valence-corrected chi connectivity index (χ1v) is 7.51. The number of rotatable bonds is 3. The van der Waals surface area contributed by atoms with E-state index in [0.29, 0.717) is 18.0 Å². The Balaban J connectivity index is 0.00000176. The first-order valence-electron chi connectivity index (χ1n) is 7.51. The second-order valence-corrected chi connectivity index (χ2v) is 6.00. The van der Waals surface area contributed by atoms with E-state index in [2.05, 4.69) is 5.32 Å². The van der Waals surface area contributed by atoms with Gasteiger partial charge in [-0.25, -0.2) is 8.78 Å². The average molecular weight is 331 g/mol. The van der Waals surface area contributed by atoms with E-state index in [4.69, 9.17) is 0 Å². The second kappa shape index (κ2) is 6.92. The van der Waals surface area contributed by atoms with Crippen LogP contribution in [0, 0.1) is 17.6 Å². The molecule has 0 bridgehead atoms. The topological polar surface area (TPSA) is 32.3 Å². The van der Waals surface area contributed by atoms with Gasteiger partial charge in [0.15, 0.2) is 0 Å². The number of piperidine rings is 1. The monoisotopic (exact) mass is 330 g/mol. The minimum atomic E-state index is -0.575. The van der Waals surface area contributed by atoms with Crippen molar-refractivity contribution >= 4 is 18.3 Å². The summed E-state index contributed by atoms with van der Waals surface area (Å²) in [5.41, 5.74) is 0.472. The van der Waals surface area contributed by atoms with E-state index >= 15 is 0 Å². The number of amides is 1. The number of benzene rings is 1. The van der Waals surface area contributed by atoms with Gasteiger partial charge in [0.2, 0.25) is 5.91 Å². The molecule has 0 radical (unpaired) electrons. The van der Waals surface area contributed by atoms with Gasteiger partial charge < -0.3 is 10.2 Å². The van der Waals surface area contributed by atoms with Gasteiger partial charge >= 0.3 is 0 Å². The quantitative estimate of drug-likeness (QED) is 0.924. The Kier molecular flexibility index (Phi) is 5.40. The van der Waals surface area contributed by atoms with Crippen LogP contribution in [0.4, 0.5) is 8.78 Å². The zero-order valence-corrected chi connectivity index (χ0v) is 13.3. The molecule has 1 heterocycles. The predicted molar refractivity (Wildman–Crippen MR) is 83.1 cm³/mol. The molecule has 1 saturated carbocycles. The zero-order valence-electron chi connectivity index (χ0n) is 12.5. The Bertz CT molecular complexity index is 547. The third-order valence-corrected chi connectivity index (χ3v) is 4.68. The molecule has 1 amide bonds. The molecule has 2 unspecified atom stereocenters. The Hall–Kier alpha value is -1.20. The van der Waals surface area contributed by atoms with Gasteiger partial charge in [0, 0.05) is 31.1 Å². The molecule has 3 nitrogen and oxygen atoms in total. The number of carbonyl (C=O) groups excluding carboxylic acids is 1. The SMILES string of the molecule is CNC1CCN(C(=O)C2CC2c2ccc(F)cc2F)CC1.Cl. The summed E-state index contributed by atoms with van der Waals surface area (Å²) < 4.78 is 26.7. The molecule has 3 rings (SSSR count). The Morgan fingerprint density at radius 1 is 1.27 bits per heavy atom. The van der Waals surface area contributed by atoms with Gasteiger partial charge in [0.1, 0.15) is 11.6 Å². The van der Waals surface area contributed by atoms with Gasteiger partial charge in [0.25, 0.3) is 0 Å². The standard InChI is InChI=1S/C16H20F2N2O.ClH/c1-19-11-4-6-20(7-5-11)16(21)14-9-13(14)12-3-2-10(17)8-15(12)18;/h2-3,8,11,13-14,19H,4-7,9H2,1H3;1H. The first kappa shape index (κ1) is 17.2. The van der Waals surface area contributed by atoms with Crippen molar-refractivity contribution in [3.8, 4) is 0 Å². The van der Waals surface area contributed by atoms with Gasteiger partial charge in [0.05, 0.1) is 0 Å². The summed E-state index contributed by atoms with van der Waals surface area (Å²) in [4.78, 5) is 14.3. The predicted octanol–water partition coefficient (Wildman–Crippen LogP) is 2.70. The average Bonchev–Trinajstić information content (AvgIpc) is 3.27. The van der Waals surface area contributed by atoms with Crippen molar-refractivity contribution in [2.24, 2.45) is 5.92 Å². The number of nitrogens with zero attached hydrogens (tertiary/aromatic N) is 1. The summed E-state index contributed by atoms with van der Waals surface area (Å²) in [7, 11) is 1.94. The third kappa shape index (κ3) is 3.41. The molecule has 1 aromatic rings. The van der Waals surface area contributed by atoms with Crippen LogP contribution in [0.25, 0.3) is 0 Å². The lowest BCUT2D eigenvalue weighted by Crippen LogP contribution is -2.44. The molecule has 0 aromatic heterocycles. The first-order chi connectivity index (χ1) is 10.1. The Labute approximate surface area is 135 Å². The van der Waals surface area contributed by atoms with Crippen molar-refractivity contribution < 1.29 is 13.6 Å². The molecule has 2 atom stereocenters. The molecule has 1 aromatic carbocycles. The van der Waals surface area contributed by atoms with E-state index in [9.17, 15) is 13.6 Å². The molecule has 2 fully saturated rings. The second-order valence-electron chi connectivity index (χ2n) is 6.00.